The molecule has 0 atom stereocenters. The van der Waals surface area contributed by atoms with E-state index in [0.29, 0.717) is 18.7 Å². The molecule has 0 saturated carbocycles. The number of nitrogens with zero attached hydrogens (tertiary/aromatic N) is 3. The van der Waals surface area contributed by atoms with E-state index in [1.165, 1.54) is 16.0 Å². The average Bonchev–Trinajstić information content (AvgIpc) is 3.66. The van der Waals surface area contributed by atoms with Gasteiger partial charge < -0.3 is 9.80 Å². The van der Waals surface area contributed by atoms with Crippen LogP contribution in [0.5, 0.6) is 0 Å². The molecule has 37 heavy (non-hydrogen) atoms. The number of quaternary nitrogens is 1. The predicted octanol–water partition coefficient (Wildman–Crippen LogP) is 4.73. The van der Waals surface area contributed by atoms with Crippen molar-refractivity contribution >= 4 is 17.2 Å². The molecule has 1 saturated heterocycles. The minimum absolute atomic E-state index is 0.0561. The lowest BCUT2D eigenvalue weighted by Gasteiger charge is -2.37. The van der Waals surface area contributed by atoms with Crippen LogP contribution in [0.4, 0.5) is 0 Å². The molecule has 0 bridgehead atoms. The fourth-order valence-electron chi connectivity index (χ4n) is 5.25. The summed E-state index contributed by atoms with van der Waals surface area (Å²) in [4.78, 5) is 18.3. The van der Waals surface area contributed by atoms with E-state index in [0.717, 1.165) is 29.3 Å². The minimum Gasteiger partial charge on any atom is -0.327 e. The standard InChI is InChI=1S/C31H28N4OS/c36-31(27-23-35(26-15-8-3-9-16-26)32-29(27)28-17-10-22-37-28)34-20-18-33(19-21-34)30(24-11-4-1-5-12-24)25-13-6-2-7-14-25/h1-17,22-23,30H,18-21H2/p+1. The van der Waals surface area contributed by atoms with E-state index >= 15 is 0 Å². The Labute approximate surface area is 221 Å². The van der Waals surface area contributed by atoms with E-state index < -0.39 is 0 Å². The Morgan fingerprint density at radius 3 is 1.95 bits per heavy atom. The van der Waals surface area contributed by atoms with Crippen molar-refractivity contribution in [2.75, 3.05) is 26.2 Å². The summed E-state index contributed by atoms with van der Waals surface area (Å²) in [6, 6.07) is 35.7. The molecule has 1 amide bonds. The number of rotatable bonds is 6. The van der Waals surface area contributed by atoms with Crippen molar-refractivity contribution in [3.05, 3.63) is 131 Å². The summed E-state index contributed by atoms with van der Waals surface area (Å²) in [7, 11) is 0. The van der Waals surface area contributed by atoms with Crippen LogP contribution in [-0.4, -0.2) is 46.8 Å². The van der Waals surface area contributed by atoms with Crippen molar-refractivity contribution in [2.45, 2.75) is 6.04 Å². The molecule has 3 aromatic carbocycles. The van der Waals surface area contributed by atoms with Gasteiger partial charge in [-0.3, -0.25) is 4.79 Å². The lowest BCUT2D eigenvalue weighted by molar-refractivity contribution is -0.929. The van der Waals surface area contributed by atoms with Crippen LogP contribution in [0.1, 0.15) is 27.5 Å². The van der Waals surface area contributed by atoms with Crippen molar-refractivity contribution in [3.8, 4) is 16.3 Å². The molecule has 0 radical (unpaired) electrons. The van der Waals surface area contributed by atoms with Crippen LogP contribution in [0.15, 0.2) is 115 Å². The minimum atomic E-state index is 0.0561. The van der Waals surface area contributed by atoms with E-state index in [1.807, 2.05) is 63.6 Å². The third-order valence-electron chi connectivity index (χ3n) is 7.09. The third-order valence-corrected chi connectivity index (χ3v) is 7.96. The highest BCUT2D eigenvalue weighted by Gasteiger charge is 2.33. The average molecular weight is 506 g/mol. The van der Waals surface area contributed by atoms with E-state index in [2.05, 4.69) is 60.7 Å². The molecule has 1 fully saturated rings. The van der Waals surface area contributed by atoms with Crippen molar-refractivity contribution in [2.24, 2.45) is 0 Å². The van der Waals surface area contributed by atoms with Crippen LogP contribution in [0.3, 0.4) is 0 Å². The molecule has 0 aliphatic carbocycles. The maximum atomic E-state index is 13.8. The number of nitrogens with one attached hydrogen (secondary N) is 1. The SMILES string of the molecule is O=C(c1cn(-c2ccccc2)nc1-c1cccs1)N1CC[NH+](C(c2ccccc2)c2ccccc2)CC1. The van der Waals surface area contributed by atoms with Crippen molar-refractivity contribution < 1.29 is 9.69 Å². The van der Waals surface area contributed by atoms with Gasteiger partial charge in [-0.15, -0.1) is 11.3 Å². The molecule has 1 aliphatic rings. The van der Waals surface area contributed by atoms with Crippen LogP contribution >= 0.6 is 11.3 Å². The zero-order valence-corrected chi connectivity index (χ0v) is 21.4. The van der Waals surface area contributed by atoms with Crippen molar-refractivity contribution in [3.63, 3.8) is 0 Å². The highest BCUT2D eigenvalue weighted by Crippen LogP contribution is 2.29. The topological polar surface area (TPSA) is 42.6 Å². The van der Waals surface area contributed by atoms with Gasteiger partial charge in [-0.1, -0.05) is 84.9 Å². The number of piperazine rings is 1. The molecule has 5 aromatic rings. The summed E-state index contributed by atoms with van der Waals surface area (Å²) >= 11 is 1.61. The Balaban J connectivity index is 1.25. The van der Waals surface area contributed by atoms with Gasteiger partial charge in [0.25, 0.3) is 5.91 Å². The Hall–Kier alpha value is -4.00. The third kappa shape index (κ3) is 4.86. The maximum absolute atomic E-state index is 13.8. The fourth-order valence-corrected chi connectivity index (χ4v) is 5.97. The fraction of sp³-hybridized carbons (Fsp3) is 0.161. The molecule has 3 heterocycles. The number of aromatic nitrogens is 2. The summed E-state index contributed by atoms with van der Waals surface area (Å²) in [6.45, 7) is 3.21. The highest BCUT2D eigenvalue weighted by molar-refractivity contribution is 7.13. The number of carbonyl (C=O) groups excluding carboxylic acids is 1. The maximum Gasteiger partial charge on any atom is 0.258 e. The summed E-state index contributed by atoms with van der Waals surface area (Å²) in [5.74, 6) is 0.0561. The summed E-state index contributed by atoms with van der Waals surface area (Å²) < 4.78 is 1.82. The first-order valence-corrected chi connectivity index (χ1v) is 13.6. The lowest BCUT2D eigenvalue weighted by atomic mass is 9.96. The van der Waals surface area contributed by atoms with Crippen LogP contribution in [0.2, 0.25) is 0 Å². The second-order valence-electron chi connectivity index (χ2n) is 9.35. The molecule has 6 heteroatoms. The lowest BCUT2D eigenvalue weighted by Crippen LogP contribution is -3.15. The second-order valence-corrected chi connectivity index (χ2v) is 10.3. The van der Waals surface area contributed by atoms with E-state index in [-0.39, 0.29) is 11.9 Å². The molecule has 5 nitrogen and oxygen atoms in total. The van der Waals surface area contributed by atoms with Gasteiger partial charge in [0.1, 0.15) is 11.7 Å². The number of thiophene rings is 1. The Kier molecular flexibility index (Phi) is 6.67. The Bertz CT molecular complexity index is 1400. The zero-order chi connectivity index (χ0) is 25.0. The zero-order valence-electron chi connectivity index (χ0n) is 20.5. The van der Waals surface area contributed by atoms with Crippen LogP contribution in [-0.2, 0) is 0 Å². The van der Waals surface area contributed by atoms with Gasteiger partial charge >= 0.3 is 0 Å². The smallest absolute Gasteiger partial charge is 0.258 e. The van der Waals surface area contributed by atoms with Gasteiger partial charge in [-0.25, -0.2) is 4.68 Å². The molecule has 0 spiro atoms. The van der Waals surface area contributed by atoms with Gasteiger partial charge in [0.15, 0.2) is 0 Å². The first-order chi connectivity index (χ1) is 18.3. The molecule has 0 unspecified atom stereocenters. The number of carbonyl (C=O) groups is 1. The van der Waals surface area contributed by atoms with Gasteiger partial charge in [0.05, 0.1) is 42.3 Å². The number of amides is 1. The Morgan fingerprint density at radius 1 is 0.784 bits per heavy atom. The first-order valence-electron chi connectivity index (χ1n) is 12.7. The van der Waals surface area contributed by atoms with Crippen LogP contribution in [0, 0.1) is 0 Å². The highest BCUT2D eigenvalue weighted by atomic mass is 32.1. The molecule has 2 aromatic heterocycles. The number of para-hydroxylation sites is 1. The van der Waals surface area contributed by atoms with Gasteiger partial charge in [-0.2, -0.15) is 5.10 Å². The normalized spacial score (nSPS) is 14.2. The van der Waals surface area contributed by atoms with E-state index in [9.17, 15) is 4.79 Å². The van der Waals surface area contributed by atoms with Crippen molar-refractivity contribution in [1.29, 1.82) is 0 Å². The number of hydrogen-bond donors (Lipinski definition) is 1. The van der Waals surface area contributed by atoms with Gasteiger partial charge in [-0.05, 0) is 23.6 Å². The monoisotopic (exact) mass is 505 g/mol. The summed E-state index contributed by atoms with van der Waals surface area (Å²) in [6.07, 6.45) is 1.89. The number of benzene rings is 3. The van der Waals surface area contributed by atoms with E-state index in [4.69, 9.17) is 5.10 Å². The van der Waals surface area contributed by atoms with E-state index in [1.54, 1.807) is 11.3 Å². The first kappa shape index (κ1) is 23.4. The summed E-state index contributed by atoms with van der Waals surface area (Å²) in [5.41, 5.74) is 4.99. The second kappa shape index (κ2) is 10.5. The van der Waals surface area contributed by atoms with Crippen LogP contribution in [0.25, 0.3) is 16.3 Å². The molecule has 6 rings (SSSR count). The Morgan fingerprint density at radius 2 is 1.38 bits per heavy atom. The summed E-state index contributed by atoms with van der Waals surface area (Å²) in [5, 5.41) is 6.86. The quantitative estimate of drug-likeness (QED) is 0.363. The van der Waals surface area contributed by atoms with Gasteiger partial charge in [0, 0.05) is 17.3 Å². The molecule has 1 N–H and O–H groups in total. The number of hydrogen-bond acceptors (Lipinski definition) is 3. The molecular formula is C31H29N4OS+. The van der Waals surface area contributed by atoms with Gasteiger partial charge in [0.2, 0.25) is 0 Å². The largest absolute Gasteiger partial charge is 0.327 e. The van der Waals surface area contributed by atoms with Crippen molar-refractivity contribution in [1.82, 2.24) is 14.7 Å². The molecule has 1 aliphatic heterocycles. The van der Waals surface area contributed by atoms with Crippen LogP contribution < -0.4 is 4.90 Å². The molecular weight excluding hydrogens is 476 g/mol. The predicted molar refractivity (Wildman–Crippen MR) is 148 cm³/mol. The molecule has 184 valence electrons.